The summed E-state index contributed by atoms with van der Waals surface area (Å²) in [6, 6.07) is 3.92. The Morgan fingerprint density at radius 2 is 2.18 bits per heavy atom. The van der Waals surface area contributed by atoms with Gasteiger partial charge in [-0.2, -0.15) is 0 Å². The van der Waals surface area contributed by atoms with Gasteiger partial charge >= 0.3 is 0 Å². The van der Waals surface area contributed by atoms with Crippen molar-refractivity contribution in [2.24, 2.45) is 0 Å². The monoisotopic (exact) mass is 233 g/mol. The van der Waals surface area contributed by atoms with E-state index in [0.29, 0.717) is 19.3 Å². The fraction of sp³-hybridized carbons (Fsp3) is 0.462. The number of hydrogen-bond donors (Lipinski definition) is 1. The van der Waals surface area contributed by atoms with Gasteiger partial charge in [0.25, 0.3) is 0 Å². The van der Waals surface area contributed by atoms with Crippen LogP contribution in [0.4, 0.5) is 4.39 Å². The Labute approximate surface area is 99.7 Å². The highest BCUT2D eigenvalue weighted by Crippen LogP contribution is 2.27. The summed E-state index contributed by atoms with van der Waals surface area (Å²) in [4.78, 5) is 4.18. The number of pyridine rings is 1. The largest absolute Gasteiger partial charge is 0.316 e. The smallest absolute Gasteiger partial charge is 0.136 e. The van der Waals surface area contributed by atoms with Crippen molar-refractivity contribution in [2.75, 3.05) is 13.1 Å². The van der Waals surface area contributed by atoms with Gasteiger partial charge in [-0.3, -0.25) is 0 Å². The predicted octanol–water partition coefficient (Wildman–Crippen LogP) is 1.97. The van der Waals surface area contributed by atoms with Crippen LogP contribution in [0.3, 0.4) is 0 Å². The average Bonchev–Trinajstić information content (AvgIpc) is 2.76. The van der Waals surface area contributed by atoms with E-state index in [9.17, 15) is 4.39 Å². The standard InChI is InChI=1S/C13H16FN3/c14-13(3-5-15-6-4-13)9-11-1-2-12-16-7-8-17(12)10-11/h1-2,7-8,10,15H,3-6,9H2. The highest BCUT2D eigenvalue weighted by molar-refractivity contribution is 5.39. The van der Waals surface area contributed by atoms with Crippen molar-refractivity contribution in [1.29, 1.82) is 0 Å². The number of nitrogens with zero attached hydrogens (tertiary/aromatic N) is 2. The molecule has 1 fully saturated rings. The van der Waals surface area contributed by atoms with Gasteiger partial charge in [0.15, 0.2) is 0 Å². The number of rotatable bonds is 2. The van der Waals surface area contributed by atoms with Gasteiger partial charge in [-0.25, -0.2) is 9.37 Å². The third-order valence-electron chi connectivity index (χ3n) is 3.47. The van der Waals surface area contributed by atoms with Gasteiger partial charge in [0.2, 0.25) is 0 Å². The first-order chi connectivity index (χ1) is 8.25. The molecule has 1 saturated heterocycles. The fourth-order valence-corrected chi connectivity index (χ4v) is 2.49. The normalized spacial score (nSPS) is 19.6. The van der Waals surface area contributed by atoms with Crippen molar-refractivity contribution in [3.8, 4) is 0 Å². The number of aromatic nitrogens is 2. The van der Waals surface area contributed by atoms with Crippen LogP contribution in [-0.2, 0) is 6.42 Å². The summed E-state index contributed by atoms with van der Waals surface area (Å²) in [7, 11) is 0. The molecule has 4 heteroatoms. The van der Waals surface area contributed by atoms with E-state index in [0.717, 1.165) is 24.3 Å². The molecule has 3 nitrogen and oxygen atoms in total. The Kier molecular flexibility index (Phi) is 2.59. The van der Waals surface area contributed by atoms with Crippen LogP contribution < -0.4 is 5.32 Å². The summed E-state index contributed by atoms with van der Waals surface area (Å²) < 4.78 is 16.5. The van der Waals surface area contributed by atoms with E-state index in [1.807, 2.05) is 28.9 Å². The molecule has 3 rings (SSSR count). The van der Waals surface area contributed by atoms with E-state index in [2.05, 4.69) is 10.3 Å². The zero-order chi connectivity index (χ0) is 11.7. The first-order valence-electron chi connectivity index (χ1n) is 6.06. The van der Waals surface area contributed by atoms with Gasteiger partial charge in [-0.15, -0.1) is 0 Å². The summed E-state index contributed by atoms with van der Waals surface area (Å²) in [6.07, 6.45) is 7.35. The van der Waals surface area contributed by atoms with Crippen molar-refractivity contribution in [3.63, 3.8) is 0 Å². The molecule has 0 aromatic carbocycles. The van der Waals surface area contributed by atoms with Crippen molar-refractivity contribution in [2.45, 2.75) is 24.9 Å². The molecule has 0 bridgehead atoms. The highest BCUT2D eigenvalue weighted by Gasteiger charge is 2.31. The van der Waals surface area contributed by atoms with Crippen LogP contribution in [0.1, 0.15) is 18.4 Å². The third-order valence-corrected chi connectivity index (χ3v) is 3.47. The van der Waals surface area contributed by atoms with Gasteiger partial charge in [-0.05, 0) is 37.6 Å². The van der Waals surface area contributed by atoms with E-state index in [1.165, 1.54) is 0 Å². The first kappa shape index (κ1) is 10.7. The van der Waals surface area contributed by atoms with Crippen LogP contribution in [0.25, 0.3) is 5.65 Å². The molecule has 1 aliphatic heterocycles. The van der Waals surface area contributed by atoms with Crippen LogP contribution in [0, 0.1) is 0 Å². The number of fused-ring (bicyclic) bond motifs is 1. The maximum Gasteiger partial charge on any atom is 0.136 e. The van der Waals surface area contributed by atoms with Crippen molar-refractivity contribution in [1.82, 2.24) is 14.7 Å². The SMILES string of the molecule is FC1(Cc2ccc3nccn3c2)CCNCC1. The molecule has 1 N–H and O–H groups in total. The lowest BCUT2D eigenvalue weighted by Crippen LogP contribution is -2.40. The van der Waals surface area contributed by atoms with E-state index in [4.69, 9.17) is 0 Å². The van der Waals surface area contributed by atoms with Gasteiger partial charge in [0.1, 0.15) is 11.3 Å². The average molecular weight is 233 g/mol. The molecule has 2 aromatic heterocycles. The zero-order valence-electron chi connectivity index (χ0n) is 9.69. The molecule has 0 spiro atoms. The van der Waals surface area contributed by atoms with Crippen LogP contribution in [-0.4, -0.2) is 28.1 Å². The minimum Gasteiger partial charge on any atom is -0.316 e. The van der Waals surface area contributed by atoms with Gasteiger partial charge < -0.3 is 9.72 Å². The van der Waals surface area contributed by atoms with Crippen LogP contribution in [0.5, 0.6) is 0 Å². The molecule has 0 atom stereocenters. The molecular weight excluding hydrogens is 217 g/mol. The van der Waals surface area contributed by atoms with Crippen molar-refractivity contribution in [3.05, 3.63) is 36.3 Å². The number of piperidine rings is 1. The number of nitrogens with one attached hydrogen (secondary N) is 1. The molecule has 1 aliphatic rings. The van der Waals surface area contributed by atoms with Crippen LogP contribution >= 0.6 is 0 Å². The van der Waals surface area contributed by atoms with Crippen molar-refractivity contribution < 1.29 is 4.39 Å². The molecule has 2 aromatic rings. The van der Waals surface area contributed by atoms with Gasteiger partial charge in [0, 0.05) is 25.0 Å². The number of alkyl halides is 1. The molecule has 0 radical (unpaired) electrons. The molecule has 3 heterocycles. The van der Waals surface area contributed by atoms with E-state index < -0.39 is 5.67 Å². The highest BCUT2D eigenvalue weighted by atomic mass is 19.1. The summed E-state index contributed by atoms with van der Waals surface area (Å²) >= 11 is 0. The lowest BCUT2D eigenvalue weighted by atomic mass is 9.88. The zero-order valence-corrected chi connectivity index (χ0v) is 9.69. The molecule has 0 saturated carbocycles. The summed E-state index contributed by atoms with van der Waals surface area (Å²) in [5, 5.41) is 3.20. The third kappa shape index (κ3) is 2.17. The molecule has 90 valence electrons. The topological polar surface area (TPSA) is 29.3 Å². The summed E-state index contributed by atoms with van der Waals surface area (Å²) in [5.41, 5.74) is 0.909. The Morgan fingerprint density at radius 3 is 3.00 bits per heavy atom. The summed E-state index contributed by atoms with van der Waals surface area (Å²) in [5.74, 6) is 0. The molecule has 0 amide bonds. The molecule has 0 unspecified atom stereocenters. The first-order valence-corrected chi connectivity index (χ1v) is 6.06. The second-order valence-corrected chi connectivity index (χ2v) is 4.81. The minimum atomic E-state index is -1.04. The van der Waals surface area contributed by atoms with Crippen LogP contribution in [0.2, 0.25) is 0 Å². The quantitative estimate of drug-likeness (QED) is 0.859. The molecular formula is C13H16FN3. The Balaban J connectivity index is 1.83. The number of halogens is 1. The van der Waals surface area contributed by atoms with Crippen molar-refractivity contribution >= 4 is 5.65 Å². The lowest BCUT2D eigenvalue weighted by Gasteiger charge is -2.30. The second kappa shape index (κ2) is 4.11. The maximum absolute atomic E-state index is 14.5. The Hall–Kier alpha value is -1.42. The van der Waals surface area contributed by atoms with Gasteiger partial charge in [0.05, 0.1) is 0 Å². The second-order valence-electron chi connectivity index (χ2n) is 4.81. The molecule has 17 heavy (non-hydrogen) atoms. The van der Waals surface area contributed by atoms with E-state index >= 15 is 0 Å². The molecule has 0 aliphatic carbocycles. The minimum absolute atomic E-state index is 0.503. The fourth-order valence-electron chi connectivity index (χ4n) is 2.49. The Morgan fingerprint density at radius 1 is 1.35 bits per heavy atom. The van der Waals surface area contributed by atoms with Gasteiger partial charge in [-0.1, -0.05) is 6.07 Å². The summed E-state index contributed by atoms with van der Waals surface area (Å²) in [6.45, 7) is 1.56. The van der Waals surface area contributed by atoms with Crippen LogP contribution in [0.15, 0.2) is 30.7 Å². The van der Waals surface area contributed by atoms with E-state index in [-0.39, 0.29) is 0 Å². The predicted molar refractivity (Wildman–Crippen MR) is 64.8 cm³/mol. The number of hydrogen-bond acceptors (Lipinski definition) is 2. The van der Waals surface area contributed by atoms with E-state index in [1.54, 1.807) is 6.20 Å². The Bertz CT molecular complexity index is 514. The number of imidazole rings is 1. The lowest BCUT2D eigenvalue weighted by molar-refractivity contribution is 0.116. The maximum atomic E-state index is 14.5.